The summed E-state index contributed by atoms with van der Waals surface area (Å²) in [5.74, 6) is 0. The minimum absolute atomic E-state index is 0.313. The molecule has 1 aliphatic heterocycles. The van der Waals surface area contributed by atoms with Crippen LogP contribution in [0, 0.1) is 0 Å². The fourth-order valence-electron chi connectivity index (χ4n) is 2.96. The standard InChI is InChI=1S/C17H20ClN3/c1-20-9-10-21(16-8-7-14(18)11-15(16)19)17(12-20)13-5-3-2-4-6-13/h2-8,11,17H,9-10,12,19H2,1H3. The van der Waals surface area contributed by atoms with Crippen molar-refractivity contribution in [1.82, 2.24) is 4.90 Å². The van der Waals surface area contributed by atoms with Gasteiger partial charge in [0, 0.05) is 24.7 Å². The molecule has 3 rings (SSSR count). The molecule has 0 aliphatic carbocycles. The Hall–Kier alpha value is -1.71. The van der Waals surface area contributed by atoms with Gasteiger partial charge in [-0.15, -0.1) is 0 Å². The Morgan fingerprint density at radius 3 is 2.57 bits per heavy atom. The lowest BCUT2D eigenvalue weighted by Crippen LogP contribution is -2.47. The van der Waals surface area contributed by atoms with Gasteiger partial charge in [0.25, 0.3) is 0 Å². The maximum absolute atomic E-state index is 6.19. The second-order valence-electron chi connectivity index (χ2n) is 5.59. The molecule has 0 saturated carbocycles. The molecule has 1 heterocycles. The highest BCUT2D eigenvalue weighted by Gasteiger charge is 2.27. The number of halogens is 1. The highest BCUT2D eigenvalue weighted by atomic mass is 35.5. The van der Waals surface area contributed by atoms with Crippen LogP contribution in [0.15, 0.2) is 48.5 Å². The second-order valence-corrected chi connectivity index (χ2v) is 6.02. The Morgan fingerprint density at radius 1 is 1.10 bits per heavy atom. The van der Waals surface area contributed by atoms with E-state index in [0.29, 0.717) is 11.1 Å². The largest absolute Gasteiger partial charge is 0.397 e. The summed E-state index contributed by atoms with van der Waals surface area (Å²) in [5.41, 5.74) is 9.32. The molecule has 0 amide bonds. The van der Waals surface area contributed by atoms with Gasteiger partial charge in [-0.05, 0) is 30.8 Å². The SMILES string of the molecule is CN1CCN(c2ccc(Cl)cc2N)C(c2ccccc2)C1. The summed E-state index contributed by atoms with van der Waals surface area (Å²) < 4.78 is 0. The lowest BCUT2D eigenvalue weighted by atomic mass is 10.0. The zero-order valence-electron chi connectivity index (χ0n) is 12.2. The van der Waals surface area contributed by atoms with Crippen LogP contribution in [0.3, 0.4) is 0 Å². The molecule has 4 heteroatoms. The summed E-state index contributed by atoms with van der Waals surface area (Å²) in [4.78, 5) is 4.75. The highest BCUT2D eigenvalue weighted by molar-refractivity contribution is 6.31. The Morgan fingerprint density at radius 2 is 1.86 bits per heavy atom. The topological polar surface area (TPSA) is 32.5 Å². The van der Waals surface area contributed by atoms with E-state index in [1.54, 1.807) is 0 Å². The number of nitrogens with two attached hydrogens (primary N) is 1. The minimum atomic E-state index is 0.313. The summed E-state index contributed by atoms with van der Waals surface area (Å²) in [6, 6.07) is 16.7. The van der Waals surface area contributed by atoms with Crippen molar-refractivity contribution in [1.29, 1.82) is 0 Å². The van der Waals surface area contributed by atoms with Crippen LogP contribution in [0.2, 0.25) is 5.02 Å². The number of hydrogen-bond acceptors (Lipinski definition) is 3. The van der Waals surface area contributed by atoms with Crippen molar-refractivity contribution >= 4 is 23.0 Å². The van der Waals surface area contributed by atoms with Gasteiger partial charge in [-0.25, -0.2) is 0 Å². The van der Waals surface area contributed by atoms with Crippen LogP contribution in [-0.2, 0) is 0 Å². The third-order valence-electron chi connectivity index (χ3n) is 4.07. The van der Waals surface area contributed by atoms with Crippen molar-refractivity contribution in [2.45, 2.75) is 6.04 Å². The van der Waals surface area contributed by atoms with Crippen LogP contribution in [0.5, 0.6) is 0 Å². The third kappa shape index (κ3) is 2.99. The number of likely N-dealkylation sites (N-methyl/N-ethyl adjacent to an activating group) is 1. The average Bonchev–Trinajstić information content (AvgIpc) is 2.49. The van der Waals surface area contributed by atoms with E-state index in [1.807, 2.05) is 18.2 Å². The van der Waals surface area contributed by atoms with Gasteiger partial charge < -0.3 is 15.5 Å². The van der Waals surface area contributed by atoms with Gasteiger partial charge in [-0.3, -0.25) is 0 Å². The van der Waals surface area contributed by atoms with Crippen LogP contribution in [0.4, 0.5) is 11.4 Å². The van der Waals surface area contributed by atoms with E-state index in [0.717, 1.165) is 31.0 Å². The first-order valence-electron chi connectivity index (χ1n) is 7.20. The molecule has 1 atom stereocenters. The fourth-order valence-corrected chi connectivity index (χ4v) is 3.14. The molecule has 1 fully saturated rings. The average molecular weight is 302 g/mol. The third-order valence-corrected chi connectivity index (χ3v) is 4.30. The van der Waals surface area contributed by atoms with Gasteiger partial charge in [0.1, 0.15) is 0 Å². The minimum Gasteiger partial charge on any atom is -0.397 e. The van der Waals surface area contributed by atoms with Crippen molar-refractivity contribution in [2.75, 3.05) is 37.3 Å². The zero-order valence-corrected chi connectivity index (χ0v) is 12.9. The predicted molar refractivity (Wildman–Crippen MR) is 89.9 cm³/mol. The van der Waals surface area contributed by atoms with E-state index in [4.69, 9.17) is 17.3 Å². The first-order valence-corrected chi connectivity index (χ1v) is 7.58. The summed E-state index contributed by atoms with van der Waals surface area (Å²) in [6.07, 6.45) is 0. The Bertz CT molecular complexity index is 615. The van der Waals surface area contributed by atoms with Gasteiger partial charge in [-0.1, -0.05) is 41.9 Å². The van der Waals surface area contributed by atoms with Gasteiger partial charge in [-0.2, -0.15) is 0 Å². The van der Waals surface area contributed by atoms with Crippen molar-refractivity contribution in [3.63, 3.8) is 0 Å². The molecular formula is C17H20ClN3. The number of rotatable bonds is 2. The summed E-state index contributed by atoms with van der Waals surface area (Å²) in [5, 5.41) is 0.682. The van der Waals surface area contributed by atoms with E-state index in [2.05, 4.69) is 47.2 Å². The van der Waals surface area contributed by atoms with Crippen molar-refractivity contribution in [2.24, 2.45) is 0 Å². The summed E-state index contributed by atoms with van der Waals surface area (Å²) in [7, 11) is 2.17. The van der Waals surface area contributed by atoms with Gasteiger partial charge in [0.2, 0.25) is 0 Å². The fraction of sp³-hybridized carbons (Fsp3) is 0.294. The van der Waals surface area contributed by atoms with E-state index < -0.39 is 0 Å². The van der Waals surface area contributed by atoms with Crippen molar-refractivity contribution in [3.8, 4) is 0 Å². The van der Waals surface area contributed by atoms with Gasteiger partial charge in [0.15, 0.2) is 0 Å². The maximum atomic E-state index is 6.19. The quantitative estimate of drug-likeness (QED) is 0.863. The maximum Gasteiger partial charge on any atom is 0.0670 e. The number of hydrogen-bond donors (Lipinski definition) is 1. The molecule has 0 spiro atoms. The molecule has 2 aromatic carbocycles. The molecule has 1 unspecified atom stereocenters. The normalized spacial score (nSPS) is 19.7. The molecule has 0 aromatic heterocycles. The monoisotopic (exact) mass is 301 g/mol. The number of nitrogen functional groups attached to an aromatic ring is 1. The molecule has 2 aromatic rings. The number of anilines is 2. The van der Waals surface area contributed by atoms with E-state index in [9.17, 15) is 0 Å². The molecule has 1 saturated heterocycles. The molecule has 110 valence electrons. The molecule has 3 nitrogen and oxygen atoms in total. The molecule has 0 radical (unpaired) electrons. The van der Waals surface area contributed by atoms with Gasteiger partial charge >= 0.3 is 0 Å². The molecule has 21 heavy (non-hydrogen) atoms. The van der Waals surface area contributed by atoms with Gasteiger partial charge in [0.05, 0.1) is 17.4 Å². The molecule has 0 bridgehead atoms. The first-order chi connectivity index (χ1) is 10.1. The molecular weight excluding hydrogens is 282 g/mol. The summed E-state index contributed by atoms with van der Waals surface area (Å²) in [6.45, 7) is 2.99. The molecule has 1 aliphatic rings. The van der Waals surface area contributed by atoms with Crippen molar-refractivity contribution in [3.05, 3.63) is 59.1 Å². The lowest BCUT2D eigenvalue weighted by molar-refractivity contribution is 0.269. The Balaban J connectivity index is 1.98. The second kappa shape index (κ2) is 5.96. The highest BCUT2D eigenvalue weighted by Crippen LogP contribution is 2.35. The van der Waals surface area contributed by atoms with Crippen LogP contribution in [0.1, 0.15) is 11.6 Å². The first kappa shape index (κ1) is 14.2. The zero-order chi connectivity index (χ0) is 14.8. The Kier molecular flexibility index (Phi) is 4.04. The van der Waals surface area contributed by atoms with Crippen molar-refractivity contribution < 1.29 is 0 Å². The lowest BCUT2D eigenvalue weighted by Gasteiger charge is -2.42. The van der Waals surface area contributed by atoms with E-state index >= 15 is 0 Å². The van der Waals surface area contributed by atoms with Crippen LogP contribution < -0.4 is 10.6 Å². The number of piperazine rings is 1. The van der Waals surface area contributed by atoms with Crippen LogP contribution >= 0.6 is 11.6 Å². The predicted octanol–water partition coefficient (Wildman–Crippen LogP) is 3.42. The Labute approximate surface area is 130 Å². The number of nitrogens with zero attached hydrogens (tertiary/aromatic N) is 2. The van der Waals surface area contributed by atoms with E-state index in [-0.39, 0.29) is 0 Å². The van der Waals surface area contributed by atoms with Crippen LogP contribution in [0.25, 0.3) is 0 Å². The summed E-state index contributed by atoms with van der Waals surface area (Å²) >= 11 is 6.03. The van der Waals surface area contributed by atoms with Crippen LogP contribution in [-0.4, -0.2) is 31.6 Å². The smallest absolute Gasteiger partial charge is 0.0670 e. The number of benzene rings is 2. The van der Waals surface area contributed by atoms with E-state index in [1.165, 1.54) is 5.56 Å². The molecule has 2 N–H and O–H groups in total.